The van der Waals surface area contributed by atoms with E-state index in [9.17, 15) is 14.4 Å². The second-order valence-corrected chi connectivity index (χ2v) is 11.0. The lowest BCUT2D eigenvalue weighted by Gasteiger charge is -2.38. The molecule has 7 nitrogen and oxygen atoms in total. The number of anilines is 1. The number of aldehydes is 1. The molecule has 2 aliphatic rings. The lowest BCUT2D eigenvalue weighted by Crippen LogP contribution is -2.46. The maximum Gasteiger partial charge on any atom is 0.326 e. The van der Waals surface area contributed by atoms with Crippen LogP contribution in [0.3, 0.4) is 0 Å². The summed E-state index contributed by atoms with van der Waals surface area (Å²) in [6.07, 6.45) is 8.19. The topological polar surface area (TPSA) is 71.8 Å². The molecule has 35 heavy (non-hydrogen) atoms. The van der Waals surface area contributed by atoms with Crippen LogP contribution in [0.4, 0.5) is 5.00 Å². The molecule has 0 unspecified atom stereocenters. The number of carbonyl (C=O) groups is 3. The van der Waals surface area contributed by atoms with E-state index in [1.165, 1.54) is 27.5 Å². The molecule has 0 aromatic carbocycles. The summed E-state index contributed by atoms with van der Waals surface area (Å²) < 4.78 is 7.81. The minimum atomic E-state index is -0.668. The van der Waals surface area contributed by atoms with Crippen LogP contribution >= 0.6 is 11.3 Å². The van der Waals surface area contributed by atoms with Crippen molar-refractivity contribution < 1.29 is 19.1 Å². The van der Waals surface area contributed by atoms with Crippen molar-refractivity contribution in [1.82, 2.24) is 9.47 Å². The summed E-state index contributed by atoms with van der Waals surface area (Å²) in [4.78, 5) is 41.8. The maximum absolute atomic E-state index is 13.5. The second-order valence-electron chi connectivity index (χ2n) is 10.0. The van der Waals surface area contributed by atoms with Crippen molar-refractivity contribution in [3.05, 3.63) is 57.5 Å². The van der Waals surface area contributed by atoms with Gasteiger partial charge in [0.25, 0.3) is 5.91 Å². The zero-order valence-electron chi connectivity index (χ0n) is 21.1. The molecule has 1 amide bonds. The van der Waals surface area contributed by atoms with E-state index in [1.807, 2.05) is 4.90 Å². The Kier molecular flexibility index (Phi) is 6.77. The SMILES string of the molecule is C=C1N(CC(=O)OC(C)(C)C)C(=O)c2c(sc(C=O)c2C)N1Cc1cc2c(n1CCC)C=CCC2. The molecule has 1 aliphatic heterocycles. The molecule has 0 fully saturated rings. The molecule has 0 atom stereocenters. The van der Waals surface area contributed by atoms with Gasteiger partial charge in [-0.3, -0.25) is 19.3 Å². The van der Waals surface area contributed by atoms with Crippen LogP contribution in [0.5, 0.6) is 0 Å². The number of hydrogen-bond donors (Lipinski definition) is 0. The molecular weight excluding hydrogens is 462 g/mol. The first kappa shape index (κ1) is 25.0. The molecule has 2 aromatic rings. The minimum absolute atomic E-state index is 0.244. The molecule has 0 radical (unpaired) electrons. The standard InChI is InChI=1S/C27H33N3O4S/c1-7-12-28-20(13-19-10-8-9-11-21(19)28)14-30-18(3)29(15-23(32)34-27(4,5)6)25(33)24-17(2)22(16-31)35-26(24)30/h9,11,13,16H,3,7-8,10,12,14-15H2,1-2,4-6H3. The average molecular weight is 496 g/mol. The van der Waals surface area contributed by atoms with Crippen LogP contribution in [-0.4, -0.2) is 39.8 Å². The lowest BCUT2D eigenvalue weighted by molar-refractivity contribution is -0.155. The van der Waals surface area contributed by atoms with Crippen LogP contribution in [0.2, 0.25) is 0 Å². The van der Waals surface area contributed by atoms with Crippen molar-refractivity contribution in [2.45, 2.75) is 72.6 Å². The second kappa shape index (κ2) is 9.49. The highest BCUT2D eigenvalue weighted by molar-refractivity contribution is 7.18. The quantitative estimate of drug-likeness (QED) is 0.384. The first-order valence-electron chi connectivity index (χ1n) is 12.0. The van der Waals surface area contributed by atoms with Gasteiger partial charge in [-0.15, -0.1) is 11.3 Å². The number of carbonyl (C=O) groups excluding carboxylic acids is 3. The Bertz CT molecular complexity index is 1230. The van der Waals surface area contributed by atoms with E-state index in [-0.39, 0.29) is 12.5 Å². The number of ether oxygens (including phenoxy) is 1. The van der Waals surface area contributed by atoms with E-state index in [4.69, 9.17) is 4.74 Å². The Morgan fingerprint density at radius 2 is 2.03 bits per heavy atom. The lowest BCUT2D eigenvalue weighted by atomic mass is 10.0. The highest BCUT2D eigenvalue weighted by Gasteiger charge is 2.39. The summed E-state index contributed by atoms with van der Waals surface area (Å²) in [5, 5.41) is 0.692. The number of thiophene rings is 1. The fourth-order valence-electron chi connectivity index (χ4n) is 4.71. The number of hydrogen-bond acceptors (Lipinski definition) is 6. The number of esters is 1. The molecular formula is C27H33N3O4S. The van der Waals surface area contributed by atoms with Gasteiger partial charge in [-0.25, -0.2) is 0 Å². The van der Waals surface area contributed by atoms with Gasteiger partial charge in [-0.2, -0.15) is 0 Å². The van der Waals surface area contributed by atoms with Crippen LogP contribution in [0.15, 0.2) is 24.5 Å². The van der Waals surface area contributed by atoms with E-state index in [0.29, 0.717) is 33.4 Å². The van der Waals surface area contributed by atoms with Gasteiger partial charge in [-0.05, 0) is 70.2 Å². The number of amides is 1. The zero-order chi connectivity index (χ0) is 25.5. The fourth-order valence-corrected chi connectivity index (χ4v) is 5.84. The Morgan fingerprint density at radius 3 is 2.69 bits per heavy atom. The molecule has 4 rings (SSSR count). The van der Waals surface area contributed by atoms with Crippen LogP contribution in [0, 0.1) is 6.92 Å². The molecule has 186 valence electrons. The normalized spacial score (nSPS) is 15.3. The molecule has 3 heterocycles. The summed E-state index contributed by atoms with van der Waals surface area (Å²) in [5.74, 6) is -0.432. The average Bonchev–Trinajstić information content (AvgIpc) is 3.30. The first-order valence-corrected chi connectivity index (χ1v) is 12.8. The molecule has 0 saturated heterocycles. The molecule has 2 aromatic heterocycles. The number of aryl methyl sites for hydroxylation is 1. The fraction of sp³-hybridized carbons (Fsp3) is 0.444. The van der Waals surface area contributed by atoms with Gasteiger partial charge in [0.15, 0.2) is 6.29 Å². The molecule has 1 aliphatic carbocycles. The summed E-state index contributed by atoms with van der Waals surface area (Å²) >= 11 is 1.29. The van der Waals surface area contributed by atoms with Gasteiger partial charge in [0, 0.05) is 17.9 Å². The monoisotopic (exact) mass is 495 g/mol. The van der Waals surface area contributed by atoms with Gasteiger partial charge >= 0.3 is 5.97 Å². The highest BCUT2D eigenvalue weighted by atomic mass is 32.1. The summed E-state index contributed by atoms with van der Waals surface area (Å²) in [7, 11) is 0. The Balaban J connectivity index is 1.76. The Morgan fingerprint density at radius 1 is 1.29 bits per heavy atom. The van der Waals surface area contributed by atoms with Gasteiger partial charge in [0.2, 0.25) is 0 Å². The number of rotatable bonds is 7. The van der Waals surface area contributed by atoms with Gasteiger partial charge in [0.1, 0.15) is 23.0 Å². The molecule has 0 N–H and O–H groups in total. The molecule has 0 bridgehead atoms. The van der Waals surface area contributed by atoms with E-state index in [2.05, 4.69) is 36.3 Å². The van der Waals surface area contributed by atoms with Gasteiger partial charge in [0.05, 0.1) is 17.0 Å². The Labute approximate surface area is 210 Å². The maximum atomic E-state index is 13.5. The van der Waals surface area contributed by atoms with Gasteiger partial charge in [-0.1, -0.05) is 19.6 Å². The van der Waals surface area contributed by atoms with Crippen LogP contribution in [0.25, 0.3) is 6.08 Å². The zero-order valence-corrected chi connectivity index (χ0v) is 22.0. The Hall–Kier alpha value is -3.13. The van der Waals surface area contributed by atoms with Gasteiger partial charge < -0.3 is 14.2 Å². The van der Waals surface area contributed by atoms with Crippen LogP contribution < -0.4 is 4.90 Å². The van der Waals surface area contributed by atoms with Crippen molar-refractivity contribution in [2.75, 3.05) is 11.4 Å². The summed E-state index contributed by atoms with van der Waals surface area (Å²) in [5.41, 5.74) is 4.07. The third-order valence-corrected chi connectivity index (χ3v) is 7.48. The number of aromatic nitrogens is 1. The highest BCUT2D eigenvalue weighted by Crippen LogP contribution is 2.43. The number of fused-ring (bicyclic) bond motifs is 2. The molecule has 0 spiro atoms. The van der Waals surface area contributed by atoms with E-state index in [1.54, 1.807) is 27.7 Å². The molecule has 0 saturated carbocycles. The molecule has 8 heteroatoms. The van der Waals surface area contributed by atoms with Crippen molar-refractivity contribution in [2.24, 2.45) is 0 Å². The van der Waals surface area contributed by atoms with Crippen molar-refractivity contribution in [3.63, 3.8) is 0 Å². The number of allylic oxidation sites excluding steroid dienone is 1. The number of nitrogens with zero attached hydrogens (tertiary/aromatic N) is 3. The third-order valence-electron chi connectivity index (χ3n) is 6.24. The largest absolute Gasteiger partial charge is 0.459 e. The van der Waals surface area contributed by atoms with Crippen molar-refractivity contribution >= 4 is 40.6 Å². The predicted molar refractivity (Wildman–Crippen MR) is 139 cm³/mol. The van der Waals surface area contributed by atoms with Crippen LogP contribution in [-0.2, 0) is 29.0 Å². The minimum Gasteiger partial charge on any atom is -0.459 e. The third kappa shape index (κ3) is 4.72. The van der Waals surface area contributed by atoms with Crippen LogP contribution in [0.1, 0.15) is 83.1 Å². The van der Waals surface area contributed by atoms with Crippen molar-refractivity contribution in [1.29, 1.82) is 0 Å². The smallest absolute Gasteiger partial charge is 0.326 e. The van der Waals surface area contributed by atoms with E-state index < -0.39 is 11.6 Å². The predicted octanol–water partition coefficient (Wildman–Crippen LogP) is 5.32. The first-order chi connectivity index (χ1) is 16.6. The summed E-state index contributed by atoms with van der Waals surface area (Å²) in [6.45, 7) is 14.6. The van der Waals surface area contributed by atoms with Crippen molar-refractivity contribution in [3.8, 4) is 0 Å². The summed E-state index contributed by atoms with van der Waals surface area (Å²) in [6, 6.07) is 2.23. The van der Waals surface area contributed by atoms with E-state index in [0.717, 1.165) is 37.8 Å². The van der Waals surface area contributed by atoms with E-state index >= 15 is 0 Å².